The van der Waals surface area contributed by atoms with E-state index in [0.29, 0.717) is 0 Å². The molecule has 2 heteroatoms. The lowest BCUT2D eigenvalue weighted by Gasteiger charge is -2.13. The van der Waals surface area contributed by atoms with E-state index in [1.165, 1.54) is 35.1 Å². The highest BCUT2D eigenvalue weighted by atomic mass is 14.9. The van der Waals surface area contributed by atoms with E-state index in [4.69, 9.17) is 0 Å². The van der Waals surface area contributed by atoms with Crippen LogP contribution in [0.15, 0.2) is 24.3 Å². The summed E-state index contributed by atoms with van der Waals surface area (Å²) in [4.78, 5) is 3.45. The molecule has 0 aliphatic carbocycles. The molecular weight excluding hydrogens is 160 g/mol. The first kappa shape index (κ1) is 7.01. The molecule has 1 aromatic carbocycles. The van der Waals surface area contributed by atoms with E-state index < -0.39 is 0 Å². The summed E-state index contributed by atoms with van der Waals surface area (Å²) in [5, 5.41) is 4.79. The Morgan fingerprint density at radius 2 is 2.08 bits per heavy atom. The van der Waals surface area contributed by atoms with Gasteiger partial charge in [0.25, 0.3) is 0 Å². The third-order valence-corrected chi connectivity index (χ3v) is 2.69. The van der Waals surface area contributed by atoms with E-state index in [2.05, 4.69) is 34.6 Å². The predicted octanol–water partition coefficient (Wildman–Crippen LogP) is 2.53. The van der Waals surface area contributed by atoms with Crippen LogP contribution in [0, 0.1) is 0 Å². The van der Waals surface area contributed by atoms with Crippen LogP contribution in [0.1, 0.15) is 12.1 Å². The Morgan fingerprint density at radius 1 is 1.15 bits per heavy atom. The van der Waals surface area contributed by atoms with Crippen LogP contribution >= 0.6 is 0 Å². The number of rotatable bonds is 0. The van der Waals surface area contributed by atoms with Gasteiger partial charge in [-0.3, -0.25) is 0 Å². The summed E-state index contributed by atoms with van der Waals surface area (Å²) in [6.45, 7) is 1.11. The van der Waals surface area contributed by atoms with Gasteiger partial charge in [0.05, 0.1) is 5.69 Å². The second-order valence-corrected chi connectivity index (χ2v) is 3.55. The van der Waals surface area contributed by atoms with Crippen molar-refractivity contribution in [1.82, 2.24) is 4.98 Å². The van der Waals surface area contributed by atoms with Crippen LogP contribution in [0.25, 0.3) is 10.9 Å². The molecule has 13 heavy (non-hydrogen) atoms. The summed E-state index contributed by atoms with van der Waals surface area (Å²) in [5.41, 5.74) is 3.94. The highest BCUT2D eigenvalue weighted by molar-refractivity contribution is 5.94. The van der Waals surface area contributed by atoms with Crippen molar-refractivity contribution in [3.63, 3.8) is 0 Å². The van der Waals surface area contributed by atoms with Crippen molar-refractivity contribution in [2.45, 2.75) is 12.8 Å². The van der Waals surface area contributed by atoms with Gasteiger partial charge in [-0.15, -0.1) is 0 Å². The number of fused-ring (bicyclic) bond motifs is 3. The van der Waals surface area contributed by atoms with Crippen LogP contribution < -0.4 is 5.32 Å². The largest absolute Gasteiger partial charge is 0.383 e. The van der Waals surface area contributed by atoms with Gasteiger partial charge in [0.2, 0.25) is 0 Å². The first-order valence-electron chi connectivity index (χ1n) is 4.78. The average Bonchev–Trinajstić information content (AvgIpc) is 2.56. The molecule has 0 unspecified atom stereocenters. The molecule has 0 radical (unpaired) electrons. The highest BCUT2D eigenvalue weighted by Gasteiger charge is 2.13. The van der Waals surface area contributed by atoms with Gasteiger partial charge in [0.1, 0.15) is 0 Å². The fraction of sp³-hybridized carbons (Fsp3) is 0.273. The number of H-pyrrole nitrogens is 1. The third-order valence-electron chi connectivity index (χ3n) is 2.69. The molecule has 0 saturated carbocycles. The maximum atomic E-state index is 3.45. The Morgan fingerprint density at radius 3 is 3.08 bits per heavy atom. The predicted molar refractivity (Wildman–Crippen MR) is 55.1 cm³/mol. The SMILES string of the molecule is c1ccc2c3c([nH]c2c1)CCCN3. The zero-order valence-electron chi connectivity index (χ0n) is 7.43. The lowest BCUT2D eigenvalue weighted by Crippen LogP contribution is -2.10. The maximum Gasteiger partial charge on any atom is 0.0631 e. The molecule has 2 heterocycles. The molecule has 1 aromatic heterocycles. The van der Waals surface area contributed by atoms with Crippen molar-refractivity contribution in [3.8, 4) is 0 Å². The van der Waals surface area contributed by atoms with Crippen LogP contribution in [0.4, 0.5) is 5.69 Å². The lowest BCUT2D eigenvalue weighted by molar-refractivity contribution is 0.814. The smallest absolute Gasteiger partial charge is 0.0631 e. The lowest BCUT2D eigenvalue weighted by atomic mass is 10.1. The minimum atomic E-state index is 1.11. The van der Waals surface area contributed by atoms with Crippen molar-refractivity contribution >= 4 is 16.6 Å². The molecule has 2 aromatic rings. The van der Waals surface area contributed by atoms with Crippen LogP contribution in [0.3, 0.4) is 0 Å². The minimum absolute atomic E-state index is 1.11. The van der Waals surface area contributed by atoms with Crippen LogP contribution in [0.2, 0.25) is 0 Å². The van der Waals surface area contributed by atoms with Crippen LogP contribution in [0.5, 0.6) is 0 Å². The number of aromatic amines is 1. The number of para-hydroxylation sites is 1. The number of anilines is 1. The normalized spacial score (nSPS) is 15.4. The second-order valence-electron chi connectivity index (χ2n) is 3.55. The molecule has 0 atom stereocenters. The van der Waals surface area contributed by atoms with Gasteiger partial charge in [-0.2, -0.15) is 0 Å². The van der Waals surface area contributed by atoms with E-state index in [1.54, 1.807) is 0 Å². The van der Waals surface area contributed by atoms with Crippen molar-refractivity contribution in [2.24, 2.45) is 0 Å². The van der Waals surface area contributed by atoms with Crippen molar-refractivity contribution in [3.05, 3.63) is 30.0 Å². The monoisotopic (exact) mass is 172 g/mol. The summed E-state index contributed by atoms with van der Waals surface area (Å²) >= 11 is 0. The van der Waals surface area contributed by atoms with Crippen molar-refractivity contribution in [1.29, 1.82) is 0 Å². The van der Waals surface area contributed by atoms with Gasteiger partial charge in [0, 0.05) is 23.1 Å². The number of benzene rings is 1. The van der Waals surface area contributed by atoms with E-state index in [1.807, 2.05) is 0 Å². The molecule has 2 N–H and O–H groups in total. The van der Waals surface area contributed by atoms with Gasteiger partial charge >= 0.3 is 0 Å². The molecular formula is C11H12N2. The molecule has 66 valence electrons. The van der Waals surface area contributed by atoms with E-state index in [9.17, 15) is 0 Å². The Balaban J connectivity index is 2.34. The number of nitrogens with one attached hydrogen (secondary N) is 2. The van der Waals surface area contributed by atoms with Crippen molar-refractivity contribution < 1.29 is 0 Å². The Bertz CT molecular complexity index is 442. The quantitative estimate of drug-likeness (QED) is 0.628. The van der Waals surface area contributed by atoms with Gasteiger partial charge in [-0.25, -0.2) is 0 Å². The second kappa shape index (κ2) is 2.52. The van der Waals surface area contributed by atoms with Crippen LogP contribution in [-0.2, 0) is 6.42 Å². The van der Waals surface area contributed by atoms with E-state index >= 15 is 0 Å². The molecule has 1 aliphatic rings. The zero-order chi connectivity index (χ0) is 8.67. The minimum Gasteiger partial charge on any atom is -0.383 e. The summed E-state index contributed by atoms with van der Waals surface area (Å²) in [6.07, 6.45) is 2.41. The highest BCUT2D eigenvalue weighted by Crippen LogP contribution is 2.30. The topological polar surface area (TPSA) is 27.8 Å². The van der Waals surface area contributed by atoms with Crippen LogP contribution in [-0.4, -0.2) is 11.5 Å². The summed E-state index contributed by atoms with van der Waals surface area (Å²) in [7, 11) is 0. The number of hydrogen-bond acceptors (Lipinski definition) is 1. The molecule has 3 rings (SSSR count). The number of aromatic nitrogens is 1. The number of hydrogen-bond donors (Lipinski definition) is 2. The fourth-order valence-corrected chi connectivity index (χ4v) is 2.07. The Labute approximate surface area is 77.0 Å². The van der Waals surface area contributed by atoms with Gasteiger partial charge in [0.15, 0.2) is 0 Å². The first-order chi connectivity index (χ1) is 6.45. The molecule has 1 aliphatic heterocycles. The molecule has 0 fully saturated rings. The molecule has 0 saturated heterocycles. The van der Waals surface area contributed by atoms with E-state index in [-0.39, 0.29) is 0 Å². The first-order valence-corrected chi connectivity index (χ1v) is 4.78. The van der Waals surface area contributed by atoms with Gasteiger partial charge in [-0.1, -0.05) is 18.2 Å². The van der Waals surface area contributed by atoms with Gasteiger partial charge in [-0.05, 0) is 18.9 Å². The molecule has 0 spiro atoms. The summed E-state index contributed by atoms with van der Waals surface area (Å²) < 4.78 is 0. The zero-order valence-corrected chi connectivity index (χ0v) is 7.43. The maximum absolute atomic E-state index is 3.45. The molecule has 2 nitrogen and oxygen atoms in total. The molecule has 0 bridgehead atoms. The average molecular weight is 172 g/mol. The third kappa shape index (κ3) is 0.949. The van der Waals surface area contributed by atoms with Gasteiger partial charge < -0.3 is 10.3 Å². The molecule has 0 amide bonds. The standard InChI is InChI=1S/C11H12N2/c1-2-5-9-8(4-1)11-10(13-9)6-3-7-12-11/h1-2,4-5,12-13H,3,6-7H2. The van der Waals surface area contributed by atoms with E-state index in [0.717, 1.165) is 6.54 Å². The summed E-state index contributed by atoms with van der Waals surface area (Å²) in [6, 6.07) is 8.47. The number of aryl methyl sites for hydroxylation is 1. The Kier molecular flexibility index (Phi) is 1.36. The fourth-order valence-electron chi connectivity index (χ4n) is 2.07. The summed E-state index contributed by atoms with van der Waals surface area (Å²) in [5.74, 6) is 0. The Hall–Kier alpha value is -1.44. The van der Waals surface area contributed by atoms with Crippen molar-refractivity contribution in [2.75, 3.05) is 11.9 Å².